The Balaban J connectivity index is 2.50. The van der Waals surface area contributed by atoms with Gasteiger partial charge in [0.15, 0.2) is 5.82 Å². The van der Waals surface area contributed by atoms with Crippen molar-refractivity contribution in [3.05, 3.63) is 10.7 Å². The van der Waals surface area contributed by atoms with Crippen LogP contribution in [0.1, 0.15) is 20.8 Å². The zero-order valence-corrected chi connectivity index (χ0v) is 9.71. The van der Waals surface area contributed by atoms with Gasteiger partial charge in [0.1, 0.15) is 5.60 Å². The molecule has 0 saturated heterocycles. The number of nitrogens with one attached hydrogen (secondary N) is 1. The maximum Gasteiger partial charge on any atom is 0.413 e. The van der Waals surface area contributed by atoms with Gasteiger partial charge >= 0.3 is 6.09 Å². The average Bonchev–Trinajstić information content (AvgIpc) is 2.30. The number of rotatable bonds is 1. The summed E-state index contributed by atoms with van der Waals surface area (Å²) in [4.78, 5) is 11.2. The molecule has 1 amide bonds. The molecule has 0 atom stereocenters. The van der Waals surface area contributed by atoms with Crippen molar-refractivity contribution in [1.82, 2.24) is 5.16 Å². The lowest BCUT2D eigenvalue weighted by Gasteiger charge is -2.18. The van der Waals surface area contributed by atoms with Crippen LogP contribution < -0.4 is 5.32 Å². The fraction of sp³-hybridized carbons (Fsp3) is 0.500. The summed E-state index contributed by atoms with van der Waals surface area (Å²) in [5.74, 6) is 0.311. The third kappa shape index (κ3) is 3.78. The second-order valence-corrected chi connectivity index (χ2v) is 4.42. The second kappa shape index (κ2) is 4.00. The normalized spacial score (nSPS) is 11.1. The average molecular weight is 263 g/mol. The topological polar surface area (TPSA) is 64.4 Å². The fourth-order valence-electron chi connectivity index (χ4n) is 0.720. The minimum Gasteiger partial charge on any atom is -0.444 e. The van der Waals surface area contributed by atoms with Crippen molar-refractivity contribution >= 4 is 27.8 Å². The summed E-state index contributed by atoms with van der Waals surface area (Å²) in [7, 11) is 0. The van der Waals surface area contributed by atoms with Crippen LogP contribution >= 0.6 is 15.9 Å². The SMILES string of the molecule is CC(C)(C)OC(=O)Nc1cc(Br)on1. The summed E-state index contributed by atoms with van der Waals surface area (Å²) >= 11 is 3.06. The molecule has 0 aliphatic rings. The van der Waals surface area contributed by atoms with Gasteiger partial charge in [-0.1, -0.05) is 5.16 Å². The minimum absolute atomic E-state index is 0.311. The molecule has 5 nitrogen and oxygen atoms in total. The van der Waals surface area contributed by atoms with Gasteiger partial charge in [-0.25, -0.2) is 4.79 Å². The highest BCUT2D eigenvalue weighted by Crippen LogP contribution is 2.15. The molecule has 1 N–H and O–H groups in total. The number of ether oxygens (including phenoxy) is 1. The van der Waals surface area contributed by atoms with Crippen LogP contribution in [-0.4, -0.2) is 16.9 Å². The maximum atomic E-state index is 11.2. The van der Waals surface area contributed by atoms with Crippen molar-refractivity contribution in [2.45, 2.75) is 26.4 Å². The second-order valence-electron chi connectivity index (χ2n) is 3.64. The predicted octanol–water partition coefficient (Wildman–Crippen LogP) is 2.78. The highest BCUT2D eigenvalue weighted by molar-refractivity contribution is 9.10. The largest absolute Gasteiger partial charge is 0.444 e. The number of aromatic nitrogens is 1. The number of halogens is 1. The smallest absolute Gasteiger partial charge is 0.413 e. The van der Waals surface area contributed by atoms with Gasteiger partial charge in [0, 0.05) is 6.07 Å². The molecule has 0 spiro atoms. The Bertz CT molecular complexity index is 330. The summed E-state index contributed by atoms with van der Waals surface area (Å²) in [6.07, 6.45) is -0.557. The van der Waals surface area contributed by atoms with Crippen LogP contribution in [0, 0.1) is 0 Å². The molecule has 0 fully saturated rings. The molecule has 14 heavy (non-hydrogen) atoms. The Hall–Kier alpha value is -1.04. The molecule has 0 radical (unpaired) electrons. The van der Waals surface area contributed by atoms with E-state index in [1.54, 1.807) is 20.8 Å². The van der Waals surface area contributed by atoms with E-state index in [-0.39, 0.29) is 0 Å². The van der Waals surface area contributed by atoms with Crippen LogP contribution in [0.2, 0.25) is 0 Å². The van der Waals surface area contributed by atoms with Crippen molar-refractivity contribution in [2.75, 3.05) is 5.32 Å². The molecule has 6 heteroatoms. The zero-order chi connectivity index (χ0) is 10.8. The van der Waals surface area contributed by atoms with Crippen LogP contribution in [-0.2, 0) is 4.74 Å². The van der Waals surface area contributed by atoms with Crippen LogP contribution in [0.4, 0.5) is 10.6 Å². The molecule has 0 unspecified atom stereocenters. The van der Waals surface area contributed by atoms with E-state index in [1.165, 1.54) is 6.07 Å². The number of amides is 1. The first-order chi connectivity index (χ1) is 6.37. The van der Waals surface area contributed by atoms with E-state index in [4.69, 9.17) is 9.26 Å². The van der Waals surface area contributed by atoms with Crippen molar-refractivity contribution < 1.29 is 14.1 Å². The Morgan fingerprint density at radius 2 is 2.29 bits per heavy atom. The van der Waals surface area contributed by atoms with Crippen LogP contribution in [0.15, 0.2) is 15.3 Å². The van der Waals surface area contributed by atoms with E-state index >= 15 is 0 Å². The molecule has 1 aromatic heterocycles. The molecule has 0 saturated carbocycles. The number of carbonyl (C=O) groups excluding carboxylic acids is 1. The number of nitrogens with zero attached hydrogens (tertiary/aromatic N) is 1. The summed E-state index contributed by atoms with van der Waals surface area (Å²) in [6, 6.07) is 1.53. The van der Waals surface area contributed by atoms with Gasteiger partial charge in [0.2, 0.25) is 4.67 Å². The first-order valence-electron chi connectivity index (χ1n) is 3.99. The standard InChI is InChI=1S/C8H11BrN2O3/c1-8(2,3)13-7(12)10-6-4-5(9)14-11-6/h4H,1-3H3,(H,10,11,12). The Morgan fingerprint density at radius 1 is 1.64 bits per heavy atom. The molecule has 1 aromatic rings. The third-order valence-corrected chi connectivity index (χ3v) is 1.48. The van der Waals surface area contributed by atoms with Gasteiger partial charge in [-0.3, -0.25) is 5.32 Å². The highest BCUT2D eigenvalue weighted by atomic mass is 79.9. The minimum atomic E-state index is -0.557. The summed E-state index contributed by atoms with van der Waals surface area (Å²) < 4.78 is 10.1. The lowest BCUT2D eigenvalue weighted by atomic mass is 10.2. The molecule has 0 aliphatic heterocycles. The van der Waals surface area contributed by atoms with E-state index in [9.17, 15) is 4.79 Å². The number of hydrogen-bond donors (Lipinski definition) is 1. The van der Waals surface area contributed by atoms with Gasteiger partial charge < -0.3 is 9.26 Å². The summed E-state index contributed by atoms with van der Waals surface area (Å²) in [6.45, 7) is 5.35. The zero-order valence-electron chi connectivity index (χ0n) is 8.13. The first-order valence-corrected chi connectivity index (χ1v) is 4.78. The molecular formula is C8H11BrN2O3. The molecule has 0 aromatic carbocycles. The Morgan fingerprint density at radius 3 is 2.71 bits per heavy atom. The molecule has 78 valence electrons. The van der Waals surface area contributed by atoms with Gasteiger partial charge in [0.25, 0.3) is 0 Å². The number of anilines is 1. The van der Waals surface area contributed by atoms with Gasteiger partial charge in [0.05, 0.1) is 0 Å². The van der Waals surface area contributed by atoms with Crippen LogP contribution in [0.3, 0.4) is 0 Å². The van der Waals surface area contributed by atoms with Gasteiger partial charge in [-0.2, -0.15) is 0 Å². The van der Waals surface area contributed by atoms with E-state index in [0.717, 1.165) is 0 Å². The van der Waals surface area contributed by atoms with Crippen molar-refractivity contribution in [2.24, 2.45) is 0 Å². The van der Waals surface area contributed by atoms with E-state index in [1.807, 2.05) is 0 Å². The highest BCUT2D eigenvalue weighted by Gasteiger charge is 2.17. The summed E-state index contributed by atoms with van der Waals surface area (Å²) in [5.41, 5.74) is -0.523. The summed E-state index contributed by atoms with van der Waals surface area (Å²) in [5, 5.41) is 5.98. The first kappa shape index (κ1) is 11.0. The van der Waals surface area contributed by atoms with Crippen molar-refractivity contribution in [1.29, 1.82) is 0 Å². The number of carbonyl (C=O) groups is 1. The molecule has 1 heterocycles. The lowest BCUT2D eigenvalue weighted by molar-refractivity contribution is 0.0634. The fourth-order valence-corrected chi connectivity index (χ4v) is 1.01. The van der Waals surface area contributed by atoms with E-state index in [0.29, 0.717) is 10.5 Å². The van der Waals surface area contributed by atoms with Crippen LogP contribution in [0.25, 0.3) is 0 Å². The molecular weight excluding hydrogens is 252 g/mol. The molecule has 0 aliphatic carbocycles. The van der Waals surface area contributed by atoms with E-state index < -0.39 is 11.7 Å². The van der Waals surface area contributed by atoms with Crippen molar-refractivity contribution in [3.8, 4) is 0 Å². The maximum absolute atomic E-state index is 11.2. The monoisotopic (exact) mass is 262 g/mol. The Kier molecular flexibility index (Phi) is 3.15. The predicted molar refractivity (Wildman–Crippen MR) is 54.1 cm³/mol. The van der Waals surface area contributed by atoms with Crippen molar-refractivity contribution in [3.63, 3.8) is 0 Å². The third-order valence-electron chi connectivity index (χ3n) is 1.11. The quantitative estimate of drug-likeness (QED) is 0.846. The van der Waals surface area contributed by atoms with Gasteiger partial charge in [-0.05, 0) is 36.7 Å². The Labute approximate surface area is 89.9 Å². The molecule has 0 bridgehead atoms. The van der Waals surface area contributed by atoms with E-state index in [2.05, 4.69) is 26.4 Å². The van der Waals surface area contributed by atoms with Crippen LogP contribution in [0.5, 0.6) is 0 Å². The number of hydrogen-bond acceptors (Lipinski definition) is 4. The lowest BCUT2D eigenvalue weighted by Crippen LogP contribution is -2.27. The van der Waals surface area contributed by atoms with Gasteiger partial charge in [-0.15, -0.1) is 0 Å². The molecule has 1 rings (SSSR count).